The van der Waals surface area contributed by atoms with Gasteiger partial charge in [0.15, 0.2) is 0 Å². The van der Waals surface area contributed by atoms with Crippen LogP contribution < -0.4 is 10.6 Å². The summed E-state index contributed by atoms with van der Waals surface area (Å²) < 4.78 is 0. The fraction of sp³-hybridized carbons (Fsp3) is 0.643. The molecule has 0 spiro atoms. The molecule has 1 aromatic heterocycles. The number of nitrogens with one attached hydrogen (secondary N) is 2. The maximum Gasteiger partial charge on any atom is 0.0544 e. The molecule has 1 aliphatic heterocycles. The molecule has 1 aliphatic rings. The average Bonchev–Trinajstić information content (AvgIpc) is 2.79. The quantitative estimate of drug-likeness (QED) is 0.817. The zero-order valence-corrected chi connectivity index (χ0v) is 10.9. The molecule has 0 radical (unpaired) electrons. The van der Waals surface area contributed by atoms with Crippen LogP contribution in [0.5, 0.6) is 0 Å². The van der Waals surface area contributed by atoms with E-state index in [1.165, 1.54) is 25.8 Å². The van der Waals surface area contributed by atoms with Gasteiger partial charge in [-0.05, 0) is 51.8 Å². The van der Waals surface area contributed by atoms with E-state index in [1.54, 1.807) is 0 Å². The first-order valence-electron chi connectivity index (χ1n) is 6.63. The van der Waals surface area contributed by atoms with Crippen LogP contribution in [-0.4, -0.2) is 23.6 Å². The van der Waals surface area contributed by atoms with E-state index in [2.05, 4.69) is 34.7 Å². The van der Waals surface area contributed by atoms with Gasteiger partial charge in [-0.3, -0.25) is 4.98 Å². The Balaban J connectivity index is 1.73. The third-order valence-electron chi connectivity index (χ3n) is 3.38. The van der Waals surface area contributed by atoms with Gasteiger partial charge in [-0.2, -0.15) is 0 Å². The van der Waals surface area contributed by atoms with Crippen LogP contribution in [0.1, 0.15) is 37.6 Å². The van der Waals surface area contributed by atoms with Crippen LogP contribution in [0.25, 0.3) is 0 Å². The van der Waals surface area contributed by atoms with Gasteiger partial charge in [0.1, 0.15) is 0 Å². The van der Waals surface area contributed by atoms with Crippen LogP contribution in [0.15, 0.2) is 18.2 Å². The Hall–Kier alpha value is -0.930. The first kappa shape index (κ1) is 12.5. The minimum absolute atomic E-state index is 0.549. The Morgan fingerprint density at radius 3 is 3.12 bits per heavy atom. The van der Waals surface area contributed by atoms with Gasteiger partial charge in [-0.15, -0.1) is 0 Å². The minimum Gasteiger partial charge on any atom is -0.314 e. The van der Waals surface area contributed by atoms with Crippen LogP contribution in [0.2, 0.25) is 0 Å². The number of aromatic nitrogens is 1. The summed E-state index contributed by atoms with van der Waals surface area (Å²) in [6, 6.07) is 7.45. The van der Waals surface area contributed by atoms with Crippen molar-refractivity contribution < 1.29 is 0 Å². The molecule has 1 aromatic rings. The van der Waals surface area contributed by atoms with Crippen LogP contribution in [0.3, 0.4) is 0 Å². The second kappa shape index (κ2) is 6.12. The van der Waals surface area contributed by atoms with E-state index in [4.69, 9.17) is 0 Å². The van der Waals surface area contributed by atoms with Crippen molar-refractivity contribution in [3.8, 4) is 0 Å². The lowest BCUT2D eigenvalue weighted by atomic mass is 10.1. The molecule has 0 aromatic carbocycles. The molecule has 2 atom stereocenters. The molecule has 3 nitrogen and oxygen atoms in total. The highest BCUT2D eigenvalue weighted by atomic mass is 15.0. The molecular weight excluding hydrogens is 210 g/mol. The summed E-state index contributed by atoms with van der Waals surface area (Å²) in [4.78, 5) is 4.50. The molecule has 3 heteroatoms. The molecule has 2 unspecified atom stereocenters. The van der Waals surface area contributed by atoms with E-state index < -0.39 is 0 Å². The van der Waals surface area contributed by atoms with Crippen molar-refractivity contribution in [2.24, 2.45) is 0 Å². The van der Waals surface area contributed by atoms with Crippen molar-refractivity contribution in [1.82, 2.24) is 15.6 Å². The number of pyridine rings is 1. The lowest BCUT2D eigenvalue weighted by molar-refractivity contribution is 0.438. The number of hydrogen-bond acceptors (Lipinski definition) is 3. The summed E-state index contributed by atoms with van der Waals surface area (Å²) >= 11 is 0. The van der Waals surface area contributed by atoms with Crippen molar-refractivity contribution >= 4 is 0 Å². The molecule has 0 aliphatic carbocycles. The molecule has 17 heavy (non-hydrogen) atoms. The molecule has 1 fully saturated rings. The maximum atomic E-state index is 4.50. The molecule has 0 bridgehead atoms. The predicted molar refractivity (Wildman–Crippen MR) is 70.9 cm³/mol. The lowest BCUT2D eigenvalue weighted by Gasteiger charge is -2.18. The lowest BCUT2D eigenvalue weighted by Crippen LogP contribution is -2.33. The summed E-state index contributed by atoms with van der Waals surface area (Å²) in [7, 11) is 0. The first-order valence-corrected chi connectivity index (χ1v) is 6.63. The maximum absolute atomic E-state index is 4.50. The molecule has 94 valence electrons. The summed E-state index contributed by atoms with van der Waals surface area (Å²) in [6.45, 7) is 6.36. The van der Waals surface area contributed by atoms with E-state index in [9.17, 15) is 0 Å². The Morgan fingerprint density at radius 2 is 2.41 bits per heavy atom. The van der Waals surface area contributed by atoms with E-state index in [0.29, 0.717) is 12.1 Å². The van der Waals surface area contributed by atoms with E-state index in [1.807, 2.05) is 13.0 Å². The van der Waals surface area contributed by atoms with Gasteiger partial charge in [-0.25, -0.2) is 0 Å². The number of hydrogen-bond donors (Lipinski definition) is 2. The minimum atomic E-state index is 0.549. The summed E-state index contributed by atoms with van der Waals surface area (Å²) in [6.07, 6.45) is 3.87. The number of rotatable bonds is 5. The normalized spacial score (nSPS) is 21.6. The predicted octanol–water partition coefficient (Wildman–Crippen LogP) is 2.01. The Morgan fingerprint density at radius 1 is 1.53 bits per heavy atom. The van der Waals surface area contributed by atoms with Crippen molar-refractivity contribution in [2.45, 2.75) is 51.7 Å². The zero-order valence-electron chi connectivity index (χ0n) is 10.9. The molecule has 0 amide bonds. The van der Waals surface area contributed by atoms with Crippen molar-refractivity contribution in [3.05, 3.63) is 29.6 Å². The van der Waals surface area contributed by atoms with Crippen LogP contribution in [0, 0.1) is 6.92 Å². The van der Waals surface area contributed by atoms with Gasteiger partial charge in [0, 0.05) is 24.3 Å². The highest BCUT2D eigenvalue weighted by molar-refractivity contribution is 5.09. The topological polar surface area (TPSA) is 37.0 Å². The monoisotopic (exact) mass is 233 g/mol. The average molecular weight is 233 g/mol. The van der Waals surface area contributed by atoms with Gasteiger partial charge in [-0.1, -0.05) is 6.07 Å². The Labute approximate surface area is 104 Å². The smallest absolute Gasteiger partial charge is 0.0544 e. The number of aryl methyl sites for hydroxylation is 1. The molecule has 0 saturated carbocycles. The van der Waals surface area contributed by atoms with Crippen LogP contribution in [-0.2, 0) is 6.54 Å². The van der Waals surface area contributed by atoms with Gasteiger partial charge in [0.25, 0.3) is 0 Å². The van der Waals surface area contributed by atoms with Gasteiger partial charge < -0.3 is 10.6 Å². The SMILES string of the molecule is Cc1cccc(CNC(C)CC2CCCN2)n1. The zero-order chi connectivity index (χ0) is 12.1. The largest absolute Gasteiger partial charge is 0.314 e. The summed E-state index contributed by atoms with van der Waals surface area (Å²) in [5, 5.41) is 7.09. The molecule has 1 saturated heterocycles. The number of nitrogens with zero attached hydrogens (tertiary/aromatic N) is 1. The van der Waals surface area contributed by atoms with E-state index in [0.717, 1.165) is 17.9 Å². The molecule has 2 N–H and O–H groups in total. The molecule has 2 heterocycles. The van der Waals surface area contributed by atoms with Crippen LogP contribution in [0.4, 0.5) is 0 Å². The molecule has 2 rings (SSSR count). The van der Waals surface area contributed by atoms with Gasteiger partial charge in [0.2, 0.25) is 0 Å². The highest BCUT2D eigenvalue weighted by Gasteiger charge is 2.16. The fourth-order valence-corrected chi connectivity index (χ4v) is 2.44. The van der Waals surface area contributed by atoms with Gasteiger partial charge in [0.05, 0.1) is 5.69 Å². The third kappa shape index (κ3) is 4.10. The van der Waals surface area contributed by atoms with Gasteiger partial charge >= 0.3 is 0 Å². The van der Waals surface area contributed by atoms with Crippen LogP contribution >= 0.6 is 0 Å². The van der Waals surface area contributed by atoms with Crippen molar-refractivity contribution in [1.29, 1.82) is 0 Å². The fourth-order valence-electron chi connectivity index (χ4n) is 2.44. The summed E-state index contributed by atoms with van der Waals surface area (Å²) in [5.74, 6) is 0. The van der Waals surface area contributed by atoms with E-state index in [-0.39, 0.29) is 0 Å². The standard InChI is InChI=1S/C14H23N3/c1-11-5-3-6-14(17-11)10-16-12(2)9-13-7-4-8-15-13/h3,5-6,12-13,15-16H,4,7-10H2,1-2H3. The first-order chi connectivity index (χ1) is 8.24. The Bertz CT molecular complexity index is 345. The second-order valence-corrected chi connectivity index (χ2v) is 5.08. The third-order valence-corrected chi connectivity index (χ3v) is 3.38. The van der Waals surface area contributed by atoms with Crippen molar-refractivity contribution in [2.75, 3.05) is 6.54 Å². The van der Waals surface area contributed by atoms with Crippen molar-refractivity contribution in [3.63, 3.8) is 0 Å². The Kier molecular flexibility index (Phi) is 4.51. The summed E-state index contributed by atoms with van der Waals surface area (Å²) in [5.41, 5.74) is 2.23. The second-order valence-electron chi connectivity index (χ2n) is 5.08. The highest BCUT2D eigenvalue weighted by Crippen LogP contribution is 2.11. The molecular formula is C14H23N3. The van der Waals surface area contributed by atoms with E-state index >= 15 is 0 Å².